The predicted octanol–water partition coefficient (Wildman–Crippen LogP) is 3.38. The van der Waals surface area contributed by atoms with Crippen LogP contribution in [0.3, 0.4) is 0 Å². The third kappa shape index (κ3) is 2.08. The maximum absolute atomic E-state index is 11.3. The van der Waals surface area contributed by atoms with Gasteiger partial charge in [-0.05, 0) is 30.0 Å². The van der Waals surface area contributed by atoms with E-state index in [2.05, 4.69) is 0 Å². The van der Waals surface area contributed by atoms with Gasteiger partial charge >= 0.3 is 5.97 Å². The molecule has 96 valence electrons. The highest BCUT2D eigenvalue weighted by Gasteiger charge is 2.19. The molecule has 2 aromatic carbocycles. The lowest BCUT2D eigenvalue weighted by molar-refractivity contribution is 0.0697. The van der Waals surface area contributed by atoms with E-state index < -0.39 is 5.97 Å². The van der Waals surface area contributed by atoms with Gasteiger partial charge in [-0.2, -0.15) is 0 Å². The van der Waals surface area contributed by atoms with Crippen molar-refractivity contribution in [3.8, 4) is 16.9 Å². The lowest BCUT2D eigenvalue weighted by Crippen LogP contribution is -2.10. The molecule has 1 N–H and O–H groups in total. The zero-order valence-corrected chi connectivity index (χ0v) is 10.4. The fourth-order valence-corrected chi connectivity index (χ4v) is 2.51. The number of hydrogen-bond donors (Lipinski definition) is 1. The molecule has 0 spiro atoms. The Morgan fingerprint density at radius 1 is 1.05 bits per heavy atom. The number of ether oxygens (including phenoxy) is 1. The Balaban J connectivity index is 2.20. The average molecular weight is 254 g/mol. The first kappa shape index (κ1) is 11.8. The van der Waals surface area contributed by atoms with Gasteiger partial charge in [0.25, 0.3) is 0 Å². The molecule has 3 rings (SSSR count). The minimum absolute atomic E-state index is 0.310. The second-order valence-corrected chi connectivity index (χ2v) is 4.60. The molecule has 0 fully saturated rings. The standard InChI is InChI=1S/C16H14O3/c17-16(18)14-8-2-1-7-12(14)13-9-3-5-11-6-4-10-19-15(11)13/h1-3,5,7-9H,4,6,10H2,(H,17,18). The largest absolute Gasteiger partial charge is 0.493 e. The highest BCUT2D eigenvalue weighted by molar-refractivity contribution is 5.97. The molecule has 0 unspecified atom stereocenters. The number of aromatic carboxylic acids is 1. The van der Waals surface area contributed by atoms with Gasteiger partial charge in [0, 0.05) is 5.56 Å². The van der Waals surface area contributed by atoms with E-state index in [0.717, 1.165) is 29.7 Å². The quantitative estimate of drug-likeness (QED) is 0.893. The van der Waals surface area contributed by atoms with Crippen LogP contribution in [-0.4, -0.2) is 17.7 Å². The Hall–Kier alpha value is -2.29. The van der Waals surface area contributed by atoms with Crippen LogP contribution in [0.1, 0.15) is 22.3 Å². The number of carboxylic acid groups (broad SMARTS) is 1. The van der Waals surface area contributed by atoms with Crippen LogP contribution in [0.2, 0.25) is 0 Å². The zero-order valence-electron chi connectivity index (χ0n) is 10.4. The number of rotatable bonds is 2. The normalized spacial score (nSPS) is 13.5. The lowest BCUT2D eigenvalue weighted by atomic mass is 9.94. The fraction of sp³-hybridized carbons (Fsp3) is 0.188. The van der Waals surface area contributed by atoms with Crippen LogP contribution in [0.25, 0.3) is 11.1 Å². The summed E-state index contributed by atoms with van der Waals surface area (Å²) < 4.78 is 5.75. The Kier molecular flexibility index (Phi) is 2.95. The van der Waals surface area contributed by atoms with E-state index in [4.69, 9.17) is 4.74 Å². The number of hydrogen-bond acceptors (Lipinski definition) is 2. The number of carboxylic acids is 1. The van der Waals surface area contributed by atoms with E-state index >= 15 is 0 Å². The molecule has 1 aliphatic heterocycles. The summed E-state index contributed by atoms with van der Waals surface area (Å²) in [7, 11) is 0. The van der Waals surface area contributed by atoms with Gasteiger partial charge in [0.1, 0.15) is 5.75 Å². The van der Waals surface area contributed by atoms with Gasteiger partial charge in [0.05, 0.1) is 12.2 Å². The third-order valence-corrected chi connectivity index (χ3v) is 3.38. The lowest BCUT2D eigenvalue weighted by Gasteiger charge is -2.21. The van der Waals surface area contributed by atoms with E-state index in [1.165, 1.54) is 0 Å². The SMILES string of the molecule is O=C(O)c1ccccc1-c1cccc2c1OCCC2. The highest BCUT2D eigenvalue weighted by Crippen LogP contribution is 2.37. The molecule has 0 atom stereocenters. The summed E-state index contributed by atoms with van der Waals surface area (Å²) in [6.07, 6.45) is 2.00. The summed E-state index contributed by atoms with van der Waals surface area (Å²) in [5.74, 6) is -0.0773. The number of fused-ring (bicyclic) bond motifs is 1. The maximum Gasteiger partial charge on any atom is 0.336 e. The Morgan fingerprint density at radius 2 is 1.84 bits per heavy atom. The Bertz CT molecular complexity index is 632. The van der Waals surface area contributed by atoms with Crippen molar-refractivity contribution in [1.82, 2.24) is 0 Å². The molecule has 0 bridgehead atoms. The minimum atomic E-state index is -0.913. The number of para-hydroxylation sites is 1. The smallest absolute Gasteiger partial charge is 0.336 e. The van der Waals surface area contributed by atoms with Gasteiger partial charge in [-0.25, -0.2) is 4.79 Å². The Morgan fingerprint density at radius 3 is 2.68 bits per heavy atom. The molecule has 3 nitrogen and oxygen atoms in total. The van der Waals surface area contributed by atoms with E-state index in [1.807, 2.05) is 30.3 Å². The van der Waals surface area contributed by atoms with Crippen molar-refractivity contribution >= 4 is 5.97 Å². The van der Waals surface area contributed by atoms with Crippen molar-refractivity contribution in [1.29, 1.82) is 0 Å². The molecule has 2 aromatic rings. The van der Waals surface area contributed by atoms with Gasteiger partial charge in [-0.1, -0.05) is 36.4 Å². The van der Waals surface area contributed by atoms with Gasteiger partial charge in [0.2, 0.25) is 0 Å². The van der Waals surface area contributed by atoms with Crippen LogP contribution in [0.5, 0.6) is 5.75 Å². The van der Waals surface area contributed by atoms with Crippen LogP contribution < -0.4 is 4.74 Å². The summed E-state index contributed by atoms with van der Waals surface area (Å²) in [4.78, 5) is 11.3. The van der Waals surface area contributed by atoms with Gasteiger partial charge in [-0.3, -0.25) is 0 Å². The maximum atomic E-state index is 11.3. The van der Waals surface area contributed by atoms with Crippen molar-refractivity contribution in [2.75, 3.05) is 6.61 Å². The third-order valence-electron chi connectivity index (χ3n) is 3.38. The topological polar surface area (TPSA) is 46.5 Å². The van der Waals surface area contributed by atoms with Crippen molar-refractivity contribution in [3.05, 3.63) is 53.6 Å². The van der Waals surface area contributed by atoms with Crippen molar-refractivity contribution < 1.29 is 14.6 Å². The molecule has 1 heterocycles. The van der Waals surface area contributed by atoms with E-state index in [1.54, 1.807) is 12.1 Å². The van der Waals surface area contributed by atoms with E-state index in [-0.39, 0.29) is 0 Å². The zero-order chi connectivity index (χ0) is 13.2. The van der Waals surface area contributed by atoms with Crippen LogP contribution >= 0.6 is 0 Å². The molecule has 1 aliphatic rings. The van der Waals surface area contributed by atoms with Gasteiger partial charge < -0.3 is 9.84 Å². The van der Waals surface area contributed by atoms with Gasteiger partial charge in [-0.15, -0.1) is 0 Å². The average Bonchev–Trinajstić information content (AvgIpc) is 2.46. The molecular formula is C16H14O3. The van der Waals surface area contributed by atoms with Crippen molar-refractivity contribution in [3.63, 3.8) is 0 Å². The molecule has 19 heavy (non-hydrogen) atoms. The van der Waals surface area contributed by atoms with Crippen molar-refractivity contribution in [2.45, 2.75) is 12.8 Å². The van der Waals surface area contributed by atoms with Crippen LogP contribution in [-0.2, 0) is 6.42 Å². The number of benzene rings is 2. The summed E-state index contributed by atoms with van der Waals surface area (Å²) in [5, 5.41) is 9.29. The van der Waals surface area contributed by atoms with Crippen LogP contribution in [0.4, 0.5) is 0 Å². The second-order valence-electron chi connectivity index (χ2n) is 4.60. The number of aryl methyl sites for hydroxylation is 1. The first-order valence-corrected chi connectivity index (χ1v) is 6.35. The van der Waals surface area contributed by atoms with E-state index in [0.29, 0.717) is 17.7 Å². The van der Waals surface area contributed by atoms with Crippen LogP contribution in [0.15, 0.2) is 42.5 Å². The molecule has 0 saturated carbocycles. The minimum Gasteiger partial charge on any atom is -0.493 e. The molecule has 0 amide bonds. The van der Waals surface area contributed by atoms with Crippen molar-refractivity contribution in [2.24, 2.45) is 0 Å². The first-order valence-electron chi connectivity index (χ1n) is 6.35. The summed E-state index contributed by atoms with van der Waals surface area (Å²) in [6, 6.07) is 13.0. The molecule has 0 aromatic heterocycles. The molecule has 0 aliphatic carbocycles. The number of carbonyl (C=O) groups is 1. The second kappa shape index (κ2) is 4.76. The summed E-state index contributed by atoms with van der Waals surface area (Å²) >= 11 is 0. The predicted molar refractivity (Wildman–Crippen MR) is 72.7 cm³/mol. The Labute approximate surface area is 111 Å². The van der Waals surface area contributed by atoms with Gasteiger partial charge in [0.15, 0.2) is 0 Å². The van der Waals surface area contributed by atoms with E-state index in [9.17, 15) is 9.90 Å². The highest BCUT2D eigenvalue weighted by atomic mass is 16.5. The molecule has 3 heteroatoms. The van der Waals surface area contributed by atoms with Crippen LogP contribution in [0, 0.1) is 0 Å². The summed E-state index contributed by atoms with van der Waals surface area (Å²) in [6.45, 7) is 0.694. The fourth-order valence-electron chi connectivity index (χ4n) is 2.51. The molecule has 0 radical (unpaired) electrons. The molecular weight excluding hydrogens is 240 g/mol. The first-order chi connectivity index (χ1) is 9.27. The molecule has 0 saturated heterocycles. The summed E-state index contributed by atoms with van der Waals surface area (Å²) in [5.41, 5.74) is 3.05. The monoisotopic (exact) mass is 254 g/mol.